The van der Waals surface area contributed by atoms with Gasteiger partial charge in [0.1, 0.15) is 17.8 Å². The summed E-state index contributed by atoms with van der Waals surface area (Å²) in [6.07, 6.45) is 7.35. The van der Waals surface area contributed by atoms with Gasteiger partial charge in [-0.25, -0.2) is 9.97 Å². The molecule has 1 unspecified atom stereocenters. The van der Waals surface area contributed by atoms with E-state index >= 15 is 0 Å². The lowest BCUT2D eigenvalue weighted by Gasteiger charge is -2.38. The van der Waals surface area contributed by atoms with Crippen molar-refractivity contribution in [2.24, 2.45) is 5.73 Å². The molecule has 138 valence electrons. The number of aryl methyl sites for hydroxylation is 1. The first-order valence-corrected chi connectivity index (χ1v) is 9.91. The van der Waals surface area contributed by atoms with Crippen LogP contribution in [-0.4, -0.2) is 56.7 Å². The molecule has 0 aromatic carbocycles. The van der Waals surface area contributed by atoms with Gasteiger partial charge in [-0.15, -0.1) is 11.8 Å². The molecule has 1 amide bonds. The molecule has 0 bridgehead atoms. The number of hydrogen-bond donors (Lipinski definition) is 2. The summed E-state index contributed by atoms with van der Waals surface area (Å²) < 4.78 is 0. The monoisotopic (exact) mass is 372 g/mol. The third-order valence-electron chi connectivity index (χ3n) is 5.01. The maximum atomic E-state index is 13.0. The Labute approximate surface area is 157 Å². The van der Waals surface area contributed by atoms with Gasteiger partial charge in [0.05, 0.1) is 10.3 Å². The Bertz CT molecular complexity index is 874. The molecular weight excluding hydrogens is 348 g/mol. The van der Waals surface area contributed by atoms with Crippen molar-refractivity contribution < 1.29 is 4.79 Å². The van der Waals surface area contributed by atoms with E-state index in [2.05, 4.69) is 19.9 Å². The average molecular weight is 372 g/mol. The molecule has 1 saturated heterocycles. The van der Waals surface area contributed by atoms with E-state index in [-0.39, 0.29) is 11.4 Å². The number of nitrogens with one attached hydrogen (secondary N) is 1. The number of carbonyl (C=O) groups is 1. The maximum Gasteiger partial charge on any atom is 0.261 e. The van der Waals surface area contributed by atoms with Crippen molar-refractivity contribution in [2.45, 2.75) is 32.2 Å². The van der Waals surface area contributed by atoms with E-state index in [4.69, 9.17) is 5.73 Å². The molecule has 2 aliphatic rings. The normalized spacial score (nSPS) is 24.0. The Morgan fingerprint density at radius 3 is 3.04 bits per heavy atom. The Morgan fingerprint density at radius 2 is 2.23 bits per heavy atom. The van der Waals surface area contributed by atoms with Gasteiger partial charge in [0.25, 0.3) is 5.91 Å². The number of piperidine rings is 1. The first-order valence-electron chi connectivity index (χ1n) is 8.93. The number of anilines is 1. The lowest BCUT2D eigenvalue weighted by atomic mass is 9.92. The number of nitrogens with zero attached hydrogens (tertiary/aromatic N) is 4. The molecule has 4 rings (SSSR count). The Kier molecular flexibility index (Phi) is 4.40. The summed E-state index contributed by atoms with van der Waals surface area (Å²) >= 11 is 1.61. The van der Waals surface area contributed by atoms with Crippen molar-refractivity contribution in [1.82, 2.24) is 19.9 Å². The summed E-state index contributed by atoms with van der Waals surface area (Å²) in [5.74, 6) is 1.77. The second kappa shape index (κ2) is 6.59. The lowest BCUT2D eigenvalue weighted by Crippen LogP contribution is -2.54. The van der Waals surface area contributed by atoms with Crippen LogP contribution in [0.4, 0.5) is 5.82 Å². The molecule has 2 aliphatic heterocycles. The SMILES string of the molecule is Cc1c[nH]c2ncnc(N3C=C(C(=O)N4CCCC(C)(N)C4)SCC3)c12. The molecule has 0 aliphatic carbocycles. The first-order chi connectivity index (χ1) is 12.4. The van der Waals surface area contributed by atoms with Gasteiger partial charge in [-0.3, -0.25) is 4.79 Å². The molecule has 2 aromatic rings. The van der Waals surface area contributed by atoms with Crippen molar-refractivity contribution in [3.05, 3.63) is 29.2 Å². The molecule has 8 heteroatoms. The fourth-order valence-corrected chi connectivity index (χ4v) is 4.66. The van der Waals surface area contributed by atoms with Gasteiger partial charge in [0, 0.05) is 43.3 Å². The van der Waals surface area contributed by atoms with Crippen LogP contribution in [0.3, 0.4) is 0 Å². The van der Waals surface area contributed by atoms with Gasteiger partial charge >= 0.3 is 0 Å². The van der Waals surface area contributed by atoms with Crippen LogP contribution in [0.1, 0.15) is 25.3 Å². The average Bonchev–Trinajstić information content (AvgIpc) is 3.02. The summed E-state index contributed by atoms with van der Waals surface area (Å²) in [5, 5.41) is 1.01. The molecule has 4 heterocycles. The highest BCUT2D eigenvalue weighted by Gasteiger charge is 2.32. The summed E-state index contributed by atoms with van der Waals surface area (Å²) in [5.41, 5.74) is 7.90. The standard InChI is InChI=1S/C18H24N6OS/c1-12-8-20-15-14(12)16(22-11-21-15)23-6-7-26-13(9-23)17(25)24-5-3-4-18(2,19)10-24/h8-9,11H,3-7,10,19H2,1-2H3,(H,20,21,22). The molecule has 0 spiro atoms. The van der Waals surface area contributed by atoms with Gasteiger partial charge < -0.3 is 20.5 Å². The van der Waals surface area contributed by atoms with Crippen LogP contribution >= 0.6 is 11.8 Å². The molecule has 3 N–H and O–H groups in total. The number of aromatic nitrogens is 3. The van der Waals surface area contributed by atoms with Crippen molar-refractivity contribution in [3.8, 4) is 0 Å². The number of likely N-dealkylation sites (tertiary alicyclic amines) is 1. The van der Waals surface area contributed by atoms with Crippen LogP contribution in [-0.2, 0) is 4.79 Å². The Balaban J connectivity index is 1.63. The summed E-state index contributed by atoms with van der Waals surface area (Å²) in [7, 11) is 0. The fraction of sp³-hybridized carbons (Fsp3) is 0.500. The third kappa shape index (κ3) is 3.19. The number of H-pyrrole nitrogens is 1. The minimum atomic E-state index is -0.297. The number of rotatable bonds is 2. The van der Waals surface area contributed by atoms with Gasteiger partial charge in [0.2, 0.25) is 0 Å². The zero-order chi connectivity index (χ0) is 18.3. The number of hydrogen-bond acceptors (Lipinski definition) is 6. The van der Waals surface area contributed by atoms with E-state index in [1.54, 1.807) is 18.1 Å². The first kappa shape index (κ1) is 17.4. The minimum absolute atomic E-state index is 0.0761. The molecule has 26 heavy (non-hydrogen) atoms. The van der Waals surface area contributed by atoms with Crippen LogP contribution in [0.5, 0.6) is 0 Å². The molecule has 7 nitrogen and oxygen atoms in total. The number of carbonyl (C=O) groups excluding carboxylic acids is 1. The predicted molar refractivity (Wildman–Crippen MR) is 105 cm³/mol. The van der Waals surface area contributed by atoms with Crippen LogP contribution < -0.4 is 10.6 Å². The molecule has 0 saturated carbocycles. The Hall–Kier alpha value is -2.06. The number of thioether (sulfide) groups is 1. The molecule has 2 aromatic heterocycles. The molecule has 1 fully saturated rings. The summed E-state index contributed by atoms with van der Waals surface area (Å²) in [6, 6.07) is 0. The van der Waals surface area contributed by atoms with E-state index in [1.807, 2.05) is 31.1 Å². The second-order valence-corrected chi connectivity index (χ2v) is 8.55. The highest BCUT2D eigenvalue weighted by molar-refractivity contribution is 8.04. The fourth-order valence-electron chi connectivity index (χ4n) is 3.69. The third-order valence-corrected chi connectivity index (χ3v) is 5.99. The number of fused-ring (bicyclic) bond motifs is 1. The van der Waals surface area contributed by atoms with Crippen LogP contribution in [0.15, 0.2) is 23.6 Å². The van der Waals surface area contributed by atoms with Crippen molar-refractivity contribution in [2.75, 3.05) is 30.3 Å². The number of amides is 1. The Morgan fingerprint density at radius 1 is 1.38 bits per heavy atom. The van der Waals surface area contributed by atoms with Gasteiger partial charge in [0.15, 0.2) is 0 Å². The van der Waals surface area contributed by atoms with Crippen molar-refractivity contribution >= 4 is 34.5 Å². The molecule has 0 radical (unpaired) electrons. The van der Waals surface area contributed by atoms with Gasteiger partial charge in [-0.2, -0.15) is 0 Å². The lowest BCUT2D eigenvalue weighted by molar-refractivity contribution is -0.128. The number of aromatic amines is 1. The zero-order valence-corrected chi connectivity index (χ0v) is 16.0. The van der Waals surface area contributed by atoms with E-state index in [9.17, 15) is 4.79 Å². The van der Waals surface area contributed by atoms with E-state index in [1.165, 1.54) is 0 Å². The predicted octanol–water partition coefficient (Wildman–Crippen LogP) is 2.00. The van der Waals surface area contributed by atoms with Crippen LogP contribution in [0.25, 0.3) is 11.0 Å². The van der Waals surface area contributed by atoms with E-state index in [0.29, 0.717) is 6.54 Å². The molecular formula is C18H24N6OS. The highest BCUT2D eigenvalue weighted by Crippen LogP contribution is 2.32. The molecule has 1 atom stereocenters. The van der Waals surface area contributed by atoms with E-state index < -0.39 is 0 Å². The largest absolute Gasteiger partial charge is 0.346 e. The second-order valence-electron chi connectivity index (χ2n) is 7.41. The van der Waals surface area contributed by atoms with Crippen LogP contribution in [0.2, 0.25) is 0 Å². The minimum Gasteiger partial charge on any atom is -0.346 e. The van der Waals surface area contributed by atoms with Gasteiger partial charge in [-0.1, -0.05) is 0 Å². The summed E-state index contributed by atoms with van der Waals surface area (Å²) in [4.78, 5) is 29.7. The number of nitrogens with two attached hydrogens (primary N) is 1. The quantitative estimate of drug-likeness (QED) is 0.838. The summed E-state index contributed by atoms with van der Waals surface area (Å²) in [6.45, 7) is 6.26. The smallest absolute Gasteiger partial charge is 0.261 e. The van der Waals surface area contributed by atoms with Gasteiger partial charge in [-0.05, 0) is 32.3 Å². The topological polar surface area (TPSA) is 91.1 Å². The maximum absolute atomic E-state index is 13.0. The van der Waals surface area contributed by atoms with Crippen molar-refractivity contribution in [1.29, 1.82) is 0 Å². The van der Waals surface area contributed by atoms with E-state index in [0.717, 1.165) is 59.0 Å². The zero-order valence-electron chi connectivity index (χ0n) is 15.2. The van der Waals surface area contributed by atoms with Crippen molar-refractivity contribution in [3.63, 3.8) is 0 Å². The highest BCUT2D eigenvalue weighted by atomic mass is 32.2. The van der Waals surface area contributed by atoms with Crippen LogP contribution in [0, 0.1) is 6.92 Å².